The SMILES string of the molecule is CCC(C)C(NC(=O)C(CCCCN)NC(=O)C(N)Cc1ccccc1)C(=O)NC(CC(C)C)C(=O)O. The van der Waals surface area contributed by atoms with Crippen LogP contribution in [-0.4, -0.2) is 59.5 Å². The Morgan fingerprint density at radius 2 is 1.51 bits per heavy atom. The van der Waals surface area contributed by atoms with E-state index in [1.165, 1.54) is 0 Å². The van der Waals surface area contributed by atoms with Crippen molar-refractivity contribution in [1.82, 2.24) is 16.0 Å². The van der Waals surface area contributed by atoms with Gasteiger partial charge in [0.05, 0.1) is 6.04 Å². The summed E-state index contributed by atoms with van der Waals surface area (Å²) in [5.41, 5.74) is 12.6. The van der Waals surface area contributed by atoms with Crippen LogP contribution in [0.5, 0.6) is 0 Å². The Bertz CT molecular complexity index is 864. The zero-order chi connectivity index (χ0) is 28.0. The van der Waals surface area contributed by atoms with Crippen molar-refractivity contribution in [3.8, 4) is 0 Å². The van der Waals surface area contributed by atoms with Crippen LogP contribution in [-0.2, 0) is 25.6 Å². The summed E-state index contributed by atoms with van der Waals surface area (Å²) in [5.74, 6) is -2.89. The van der Waals surface area contributed by atoms with Crippen LogP contribution in [0.2, 0.25) is 0 Å². The molecule has 5 unspecified atom stereocenters. The molecule has 0 saturated carbocycles. The van der Waals surface area contributed by atoms with Gasteiger partial charge in [-0.3, -0.25) is 14.4 Å². The first-order valence-corrected chi connectivity index (χ1v) is 13.1. The van der Waals surface area contributed by atoms with E-state index in [-0.39, 0.29) is 18.3 Å². The van der Waals surface area contributed by atoms with Gasteiger partial charge in [-0.1, -0.05) is 64.4 Å². The van der Waals surface area contributed by atoms with Gasteiger partial charge in [-0.05, 0) is 56.0 Å². The van der Waals surface area contributed by atoms with E-state index in [0.717, 1.165) is 5.56 Å². The Balaban J connectivity index is 2.99. The Morgan fingerprint density at radius 1 is 0.892 bits per heavy atom. The molecule has 0 aliphatic heterocycles. The molecule has 0 saturated heterocycles. The van der Waals surface area contributed by atoms with Gasteiger partial charge in [-0.2, -0.15) is 0 Å². The second kappa shape index (κ2) is 16.7. The molecule has 1 aromatic carbocycles. The molecular formula is C27H45N5O5. The van der Waals surface area contributed by atoms with Gasteiger partial charge in [-0.25, -0.2) is 4.79 Å². The Labute approximate surface area is 220 Å². The Kier molecular flexibility index (Phi) is 14.5. The smallest absolute Gasteiger partial charge is 0.326 e. The fourth-order valence-electron chi connectivity index (χ4n) is 3.91. The number of rotatable bonds is 17. The van der Waals surface area contributed by atoms with E-state index in [1.807, 2.05) is 51.1 Å². The number of unbranched alkanes of at least 4 members (excludes halogenated alkanes) is 1. The summed E-state index contributed by atoms with van der Waals surface area (Å²) in [6, 6.07) is 5.55. The number of benzene rings is 1. The average molecular weight is 520 g/mol. The van der Waals surface area contributed by atoms with Gasteiger partial charge in [0.2, 0.25) is 17.7 Å². The number of aliphatic carboxylic acids is 1. The van der Waals surface area contributed by atoms with Crippen molar-refractivity contribution in [3.63, 3.8) is 0 Å². The molecule has 0 heterocycles. The number of hydrogen-bond donors (Lipinski definition) is 6. The molecule has 8 N–H and O–H groups in total. The molecule has 208 valence electrons. The molecule has 0 radical (unpaired) electrons. The third-order valence-corrected chi connectivity index (χ3v) is 6.33. The topological polar surface area (TPSA) is 177 Å². The van der Waals surface area contributed by atoms with Crippen LogP contribution in [0.25, 0.3) is 0 Å². The average Bonchev–Trinajstić information content (AvgIpc) is 2.85. The summed E-state index contributed by atoms with van der Waals surface area (Å²) in [6.45, 7) is 7.87. The lowest BCUT2D eigenvalue weighted by atomic mass is 9.96. The normalized spacial score (nSPS) is 15.2. The molecule has 10 heteroatoms. The maximum absolute atomic E-state index is 13.3. The molecule has 0 bridgehead atoms. The minimum absolute atomic E-state index is 0.0558. The van der Waals surface area contributed by atoms with Crippen molar-refractivity contribution >= 4 is 23.7 Å². The number of carboxylic acid groups (broad SMARTS) is 1. The summed E-state index contributed by atoms with van der Waals surface area (Å²) in [7, 11) is 0. The quantitative estimate of drug-likeness (QED) is 0.168. The third-order valence-electron chi connectivity index (χ3n) is 6.33. The highest BCUT2D eigenvalue weighted by Crippen LogP contribution is 2.12. The zero-order valence-electron chi connectivity index (χ0n) is 22.5. The lowest BCUT2D eigenvalue weighted by molar-refractivity contribution is -0.143. The minimum Gasteiger partial charge on any atom is -0.480 e. The maximum atomic E-state index is 13.3. The first kappa shape index (κ1) is 32.0. The van der Waals surface area contributed by atoms with E-state index in [0.29, 0.717) is 38.6 Å². The summed E-state index contributed by atoms with van der Waals surface area (Å²) in [6.07, 6.45) is 2.74. The fourth-order valence-corrected chi connectivity index (χ4v) is 3.91. The second-order valence-electron chi connectivity index (χ2n) is 10.0. The van der Waals surface area contributed by atoms with Gasteiger partial charge in [0.15, 0.2) is 0 Å². The van der Waals surface area contributed by atoms with E-state index in [4.69, 9.17) is 11.5 Å². The zero-order valence-corrected chi connectivity index (χ0v) is 22.5. The van der Waals surface area contributed by atoms with E-state index >= 15 is 0 Å². The first-order chi connectivity index (χ1) is 17.5. The van der Waals surface area contributed by atoms with Crippen LogP contribution in [0.1, 0.15) is 65.4 Å². The molecular weight excluding hydrogens is 474 g/mol. The molecule has 0 spiro atoms. The minimum atomic E-state index is -1.13. The van der Waals surface area contributed by atoms with Crippen molar-refractivity contribution in [2.75, 3.05) is 6.54 Å². The highest BCUT2D eigenvalue weighted by molar-refractivity contribution is 5.94. The Hall–Kier alpha value is -2.98. The predicted molar refractivity (Wildman–Crippen MR) is 143 cm³/mol. The monoisotopic (exact) mass is 519 g/mol. The van der Waals surface area contributed by atoms with Gasteiger partial charge in [0.25, 0.3) is 0 Å². The number of hydrogen-bond acceptors (Lipinski definition) is 6. The van der Waals surface area contributed by atoms with Crippen molar-refractivity contribution in [2.24, 2.45) is 23.3 Å². The van der Waals surface area contributed by atoms with E-state index < -0.39 is 47.9 Å². The number of nitrogens with two attached hydrogens (primary N) is 2. The molecule has 1 rings (SSSR count). The molecule has 3 amide bonds. The molecule has 5 atom stereocenters. The number of nitrogens with one attached hydrogen (secondary N) is 3. The van der Waals surface area contributed by atoms with Crippen molar-refractivity contribution in [2.45, 2.75) is 90.4 Å². The lowest BCUT2D eigenvalue weighted by Crippen LogP contribution is -2.58. The first-order valence-electron chi connectivity index (χ1n) is 13.1. The van der Waals surface area contributed by atoms with Crippen molar-refractivity contribution < 1.29 is 24.3 Å². The van der Waals surface area contributed by atoms with Crippen molar-refractivity contribution in [3.05, 3.63) is 35.9 Å². The molecule has 37 heavy (non-hydrogen) atoms. The number of amides is 3. The summed E-state index contributed by atoms with van der Waals surface area (Å²) < 4.78 is 0. The molecule has 0 aliphatic rings. The highest BCUT2D eigenvalue weighted by atomic mass is 16.4. The Morgan fingerprint density at radius 3 is 2.05 bits per heavy atom. The number of carbonyl (C=O) groups is 4. The molecule has 0 fully saturated rings. The van der Waals surface area contributed by atoms with Crippen LogP contribution >= 0.6 is 0 Å². The predicted octanol–water partition coefficient (Wildman–Crippen LogP) is 1.32. The largest absolute Gasteiger partial charge is 0.480 e. The number of carboxylic acids is 1. The van der Waals surface area contributed by atoms with Crippen LogP contribution in [0, 0.1) is 11.8 Å². The fraction of sp³-hybridized carbons (Fsp3) is 0.630. The number of carbonyl (C=O) groups excluding carboxylic acids is 3. The van der Waals surface area contributed by atoms with Crippen molar-refractivity contribution in [1.29, 1.82) is 0 Å². The van der Waals surface area contributed by atoms with Gasteiger partial charge in [0.1, 0.15) is 18.1 Å². The van der Waals surface area contributed by atoms with Crippen LogP contribution in [0.15, 0.2) is 30.3 Å². The summed E-state index contributed by atoms with van der Waals surface area (Å²) in [5, 5.41) is 17.6. The second-order valence-corrected chi connectivity index (χ2v) is 10.0. The molecule has 1 aromatic rings. The van der Waals surface area contributed by atoms with Crippen LogP contribution < -0.4 is 27.4 Å². The standard InChI is InChI=1S/C27H45N5O5/c1-5-18(4)23(26(35)31-22(27(36)37)15-17(2)3)32-25(34)21(13-9-10-14-28)30-24(33)20(29)16-19-11-7-6-8-12-19/h6-8,11-12,17-18,20-23H,5,9-10,13-16,28-29H2,1-4H3,(H,30,33)(H,31,35)(H,32,34)(H,36,37). The summed E-state index contributed by atoms with van der Waals surface area (Å²) in [4.78, 5) is 50.9. The van der Waals surface area contributed by atoms with Gasteiger partial charge in [-0.15, -0.1) is 0 Å². The van der Waals surface area contributed by atoms with E-state index in [1.54, 1.807) is 6.92 Å². The van der Waals surface area contributed by atoms with E-state index in [9.17, 15) is 24.3 Å². The maximum Gasteiger partial charge on any atom is 0.326 e. The molecule has 0 aromatic heterocycles. The highest BCUT2D eigenvalue weighted by Gasteiger charge is 2.32. The van der Waals surface area contributed by atoms with Crippen LogP contribution in [0.4, 0.5) is 0 Å². The van der Waals surface area contributed by atoms with Crippen LogP contribution in [0.3, 0.4) is 0 Å². The van der Waals surface area contributed by atoms with Gasteiger partial charge in [0, 0.05) is 0 Å². The third kappa shape index (κ3) is 11.7. The lowest BCUT2D eigenvalue weighted by Gasteiger charge is -2.28. The van der Waals surface area contributed by atoms with E-state index in [2.05, 4.69) is 16.0 Å². The summed E-state index contributed by atoms with van der Waals surface area (Å²) >= 11 is 0. The van der Waals surface area contributed by atoms with Gasteiger partial charge < -0.3 is 32.5 Å². The molecule has 0 aliphatic carbocycles. The molecule has 10 nitrogen and oxygen atoms in total. The van der Waals surface area contributed by atoms with Gasteiger partial charge >= 0.3 is 5.97 Å².